The highest BCUT2D eigenvalue weighted by Gasteiger charge is 2.31. The van der Waals surface area contributed by atoms with E-state index in [4.69, 9.17) is 0 Å². The van der Waals surface area contributed by atoms with Gasteiger partial charge in [0.05, 0.1) is 11.1 Å². The standard InChI is InChI=1S/C14H15N3O3/c1-15-11(18)7-17-10-4-2-3-9(14(19)20)12(10)16-13(17)8-5-6-8/h2-4,8H,5-7H2,1H3,(H,15,18)(H,19,20). The third-order valence-corrected chi connectivity index (χ3v) is 3.56. The van der Waals surface area contributed by atoms with Gasteiger partial charge in [0.25, 0.3) is 0 Å². The van der Waals surface area contributed by atoms with Gasteiger partial charge in [-0.15, -0.1) is 0 Å². The molecule has 0 bridgehead atoms. The predicted octanol–water partition coefficient (Wildman–Crippen LogP) is 1.36. The van der Waals surface area contributed by atoms with Gasteiger partial charge in [-0.05, 0) is 25.0 Å². The van der Waals surface area contributed by atoms with E-state index >= 15 is 0 Å². The summed E-state index contributed by atoms with van der Waals surface area (Å²) in [5.41, 5.74) is 1.35. The van der Waals surface area contributed by atoms with Crippen LogP contribution in [-0.4, -0.2) is 33.6 Å². The smallest absolute Gasteiger partial charge is 0.337 e. The number of rotatable bonds is 4. The molecule has 2 aromatic rings. The van der Waals surface area contributed by atoms with Gasteiger partial charge in [0.2, 0.25) is 5.91 Å². The number of para-hydroxylation sites is 1. The van der Waals surface area contributed by atoms with Gasteiger partial charge in [0.1, 0.15) is 17.9 Å². The van der Waals surface area contributed by atoms with Crippen molar-refractivity contribution in [1.29, 1.82) is 0 Å². The Balaban J connectivity index is 2.19. The quantitative estimate of drug-likeness (QED) is 0.881. The van der Waals surface area contributed by atoms with E-state index in [0.29, 0.717) is 17.0 Å². The summed E-state index contributed by atoms with van der Waals surface area (Å²) in [6.45, 7) is 0.169. The molecule has 0 aliphatic heterocycles. The third-order valence-electron chi connectivity index (χ3n) is 3.56. The molecule has 20 heavy (non-hydrogen) atoms. The number of benzene rings is 1. The maximum atomic E-state index is 11.7. The minimum atomic E-state index is -0.998. The number of carboxylic acid groups (broad SMARTS) is 1. The molecule has 1 aliphatic carbocycles. The molecular weight excluding hydrogens is 258 g/mol. The Kier molecular flexibility index (Phi) is 2.93. The van der Waals surface area contributed by atoms with Crippen LogP contribution in [0.5, 0.6) is 0 Å². The Morgan fingerprint density at radius 2 is 2.20 bits per heavy atom. The average molecular weight is 273 g/mol. The van der Waals surface area contributed by atoms with Gasteiger partial charge in [0, 0.05) is 13.0 Å². The highest BCUT2D eigenvalue weighted by Crippen LogP contribution is 2.41. The second-order valence-electron chi connectivity index (χ2n) is 4.98. The van der Waals surface area contributed by atoms with Gasteiger partial charge in [-0.3, -0.25) is 4.79 Å². The minimum absolute atomic E-state index is 0.119. The van der Waals surface area contributed by atoms with Gasteiger partial charge in [-0.2, -0.15) is 0 Å². The number of carbonyl (C=O) groups excluding carboxylic acids is 1. The van der Waals surface area contributed by atoms with Crippen LogP contribution in [0.25, 0.3) is 11.0 Å². The molecule has 0 spiro atoms. The number of amides is 1. The summed E-state index contributed by atoms with van der Waals surface area (Å²) >= 11 is 0. The maximum absolute atomic E-state index is 11.7. The largest absolute Gasteiger partial charge is 0.478 e. The Labute approximate surface area is 115 Å². The van der Waals surface area contributed by atoms with Crippen molar-refractivity contribution < 1.29 is 14.7 Å². The number of hydrogen-bond donors (Lipinski definition) is 2. The molecule has 1 aromatic carbocycles. The number of carboxylic acids is 1. The summed E-state index contributed by atoms with van der Waals surface area (Å²) < 4.78 is 1.83. The van der Waals surface area contributed by atoms with Crippen LogP contribution in [0.1, 0.15) is 34.9 Å². The number of carbonyl (C=O) groups is 2. The molecule has 6 heteroatoms. The van der Waals surface area contributed by atoms with Crippen molar-refractivity contribution in [3.05, 3.63) is 29.6 Å². The van der Waals surface area contributed by atoms with E-state index in [1.807, 2.05) is 10.6 Å². The minimum Gasteiger partial charge on any atom is -0.478 e. The van der Waals surface area contributed by atoms with E-state index in [9.17, 15) is 14.7 Å². The lowest BCUT2D eigenvalue weighted by Gasteiger charge is -2.07. The molecule has 1 saturated carbocycles. The van der Waals surface area contributed by atoms with E-state index < -0.39 is 5.97 Å². The zero-order valence-electron chi connectivity index (χ0n) is 11.1. The predicted molar refractivity (Wildman–Crippen MR) is 72.7 cm³/mol. The lowest BCUT2D eigenvalue weighted by atomic mass is 10.2. The van der Waals surface area contributed by atoms with Crippen molar-refractivity contribution in [2.45, 2.75) is 25.3 Å². The number of aromatic carboxylic acids is 1. The highest BCUT2D eigenvalue weighted by atomic mass is 16.4. The number of imidazole rings is 1. The molecule has 1 aliphatic rings. The Morgan fingerprint density at radius 1 is 1.45 bits per heavy atom. The maximum Gasteiger partial charge on any atom is 0.337 e. The van der Waals surface area contributed by atoms with E-state index in [-0.39, 0.29) is 18.0 Å². The van der Waals surface area contributed by atoms with Gasteiger partial charge in [-0.25, -0.2) is 9.78 Å². The first-order chi connectivity index (χ1) is 9.61. The van der Waals surface area contributed by atoms with Crippen LogP contribution in [-0.2, 0) is 11.3 Å². The number of aromatic nitrogens is 2. The lowest BCUT2D eigenvalue weighted by Crippen LogP contribution is -2.24. The second kappa shape index (κ2) is 4.63. The molecule has 0 unspecified atom stereocenters. The average Bonchev–Trinajstić information content (AvgIpc) is 3.21. The van der Waals surface area contributed by atoms with E-state index in [2.05, 4.69) is 10.3 Å². The van der Waals surface area contributed by atoms with Crippen LogP contribution < -0.4 is 5.32 Å². The molecule has 0 atom stereocenters. The van der Waals surface area contributed by atoms with Crippen molar-refractivity contribution in [2.75, 3.05) is 7.05 Å². The Hall–Kier alpha value is -2.37. The van der Waals surface area contributed by atoms with Crippen LogP contribution in [0.3, 0.4) is 0 Å². The monoisotopic (exact) mass is 273 g/mol. The first-order valence-electron chi connectivity index (χ1n) is 6.55. The number of nitrogens with one attached hydrogen (secondary N) is 1. The van der Waals surface area contributed by atoms with Gasteiger partial charge < -0.3 is 15.0 Å². The van der Waals surface area contributed by atoms with Crippen LogP contribution in [0.4, 0.5) is 0 Å². The molecule has 104 valence electrons. The lowest BCUT2D eigenvalue weighted by molar-refractivity contribution is -0.121. The van der Waals surface area contributed by atoms with Gasteiger partial charge in [-0.1, -0.05) is 6.07 Å². The molecule has 1 aromatic heterocycles. The first kappa shape index (κ1) is 12.7. The van der Waals surface area contributed by atoms with Crippen LogP contribution in [0.2, 0.25) is 0 Å². The molecule has 2 N–H and O–H groups in total. The molecular formula is C14H15N3O3. The molecule has 1 fully saturated rings. The van der Waals surface area contributed by atoms with Crippen molar-refractivity contribution in [3.8, 4) is 0 Å². The van der Waals surface area contributed by atoms with Crippen molar-refractivity contribution in [1.82, 2.24) is 14.9 Å². The Morgan fingerprint density at radius 3 is 2.80 bits per heavy atom. The molecule has 1 heterocycles. The fourth-order valence-electron chi connectivity index (χ4n) is 2.38. The van der Waals surface area contributed by atoms with E-state index in [1.165, 1.54) is 0 Å². The third kappa shape index (κ3) is 2.03. The SMILES string of the molecule is CNC(=O)Cn1c(C2CC2)nc2c(C(=O)O)cccc21. The number of nitrogens with zero attached hydrogens (tertiary/aromatic N) is 2. The molecule has 3 rings (SSSR count). The zero-order valence-corrected chi connectivity index (χ0v) is 11.1. The van der Waals surface area contributed by atoms with Crippen LogP contribution >= 0.6 is 0 Å². The van der Waals surface area contributed by atoms with Gasteiger partial charge >= 0.3 is 5.97 Å². The van der Waals surface area contributed by atoms with Crippen LogP contribution in [0, 0.1) is 0 Å². The normalized spacial score (nSPS) is 14.4. The fraction of sp³-hybridized carbons (Fsp3) is 0.357. The summed E-state index contributed by atoms with van der Waals surface area (Å²) in [5, 5.41) is 11.8. The van der Waals surface area contributed by atoms with E-state index in [0.717, 1.165) is 18.7 Å². The van der Waals surface area contributed by atoms with Crippen molar-refractivity contribution >= 4 is 22.9 Å². The van der Waals surface area contributed by atoms with E-state index in [1.54, 1.807) is 19.2 Å². The Bertz CT molecular complexity index is 701. The summed E-state index contributed by atoms with van der Waals surface area (Å²) in [6.07, 6.45) is 2.08. The summed E-state index contributed by atoms with van der Waals surface area (Å²) in [5.74, 6) is 0.0421. The zero-order chi connectivity index (χ0) is 14.3. The first-order valence-corrected chi connectivity index (χ1v) is 6.55. The second-order valence-corrected chi connectivity index (χ2v) is 4.98. The number of hydrogen-bond acceptors (Lipinski definition) is 3. The summed E-state index contributed by atoms with van der Waals surface area (Å²) in [4.78, 5) is 27.4. The van der Waals surface area contributed by atoms with Crippen LogP contribution in [0.15, 0.2) is 18.2 Å². The highest BCUT2D eigenvalue weighted by molar-refractivity contribution is 6.01. The van der Waals surface area contributed by atoms with Crippen molar-refractivity contribution in [2.24, 2.45) is 0 Å². The summed E-state index contributed by atoms with van der Waals surface area (Å²) in [7, 11) is 1.58. The molecule has 6 nitrogen and oxygen atoms in total. The van der Waals surface area contributed by atoms with Gasteiger partial charge in [0.15, 0.2) is 0 Å². The fourth-order valence-corrected chi connectivity index (χ4v) is 2.38. The topological polar surface area (TPSA) is 84.2 Å². The number of fused-ring (bicyclic) bond motifs is 1. The molecule has 1 amide bonds. The number of likely N-dealkylation sites (N-methyl/N-ethyl adjacent to an activating group) is 1. The molecule has 0 saturated heterocycles. The van der Waals surface area contributed by atoms with Crippen molar-refractivity contribution in [3.63, 3.8) is 0 Å². The summed E-state index contributed by atoms with van der Waals surface area (Å²) in [6, 6.07) is 5.03. The molecule has 0 radical (unpaired) electrons.